The molecule has 1 heterocycles. The molecule has 29 heavy (non-hydrogen) atoms. The van der Waals surface area contributed by atoms with E-state index in [-0.39, 0.29) is 11.4 Å². The molecule has 0 atom stereocenters. The molecule has 3 aromatic carbocycles. The molecule has 0 saturated heterocycles. The molecular formula is C24H19NO4. The van der Waals surface area contributed by atoms with E-state index in [9.17, 15) is 15.0 Å². The van der Waals surface area contributed by atoms with Crippen LogP contribution < -0.4 is 4.74 Å². The Morgan fingerprint density at radius 3 is 2.17 bits per heavy atom. The van der Waals surface area contributed by atoms with Crippen LogP contribution in [0, 0.1) is 0 Å². The molecule has 0 bridgehead atoms. The number of hydrogen-bond donors (Lipinski definition) is 2. The van der Waals surface area contributed by atoms with Crippen molar-refractivity contribution in [1.82, 2.24) is 4.98 Å². The second kappa shape index (κ2) is 8.02. The zero-order chi connectivity index (χ0) is 20.2. The van der Waals surface area contributed by atoms with Gasteiger partial charge in [-0.3, -0.25) is 0 Å². The highest BCUT2D eigenvalue weighted by Crippen LogP contribution is 2.34. The molecule has 1 aromatic heterocycles. The van der Waals surface area contributed by atoms with Crippen LogP contribution in [-0.4, -0.2) is 21.2 Å². The number of nitrogens with zero attached hydrogens (tertiary/aromatic N) is 1. The van der Waals surface area contributed by atoms with Crippen molar-refractivity contribution in [3.05, 3.63) is 101 Å². The van der Waals surface area contributed by atoms with E-state index in [1.54, 1.807) is 0 Å². The van der Waals surface area contributed by atoms with Gasteiger partial charge in [-0.25, -0.2) is 9.78 Å². The molecule has 0 aliphatic rings. The lowest BCUT2D eigenvalue weighted by atomic mass is 10.0. The number of rotatable bonds is 6. The largest absolute Gasteiger partial charge is 0.507 e. The van der Waals surface area contributed by atoms with Crippen molar-refractivity contribution in [2.75, 3.05) is 0 Å². The first-order chi connectivity index (χ1) is 14.1. The van der Waals surface area contributed by atoms with Crippen molar-refractivity contribution >= 4 is 16.9 Å². The number of fused-ring (bicyclic) bond motifs is 1. The average molecular weight is 385 g/mol. The van der Waals surface area contributed by atoms with Crippen molar-refractivity contribution in [1.29, 1.82) is 0 Å². The van der Waals surface area contributed by atoms with Gasteiger partial charge < -0.3 is 14.9 Å². The lowest BCUT2D eigenvalue weighted by Crippen LogP contribution is -2.03. The van der Waals surface area contributed by atoms with Gasteiger partial charge in [0, 0.05) is 11.5 Å². The second-order valence-corrected chi connectivity index (χ2v) is 6.76. The normalized spacial score (nSPS) is 10.8. The van der Waals surface area contributed by atoms with Gasteiger partial charge in [0.1, 0.15) is 23.6 Å². The second-order valence-electron chi connectivity index (χ2n) is 6.76. The van der Waals surface area contributed by atoms with Crippen molar-refractivity contribution in [2.45, 2.75) is 13.0 Å². The predicted octanol–water partition coefficient (Wildman–Crippen LogP) is 4.81. The van der Waals surface area contributed by atoms with E-state index < -0.39 is 5.97 Å². The Hall–Kier alpha value is -3.86. The molecule has 0 unspecified atom stereocenters. The third-order valence-electron chi connectivity index (χ3n) is 4.62. The van der Waals surface area contributed by atoms with Crippen LogP contribution in [0.5, 0.6) is 11.5 Å². The number of carboxylic acids is 1. The summed E-state index contributed by atoms with van der Waals surface area (Å²) in [7, 11) is 0. The fraction of sp³-hybridized carbons (Fsp3) is 0.0833. The molecule has 0 aliphatic carbocycles. The fourth-order valence-electron chi connectivity index (χ4n) is 3.22. The van der Waals surface area contributed by atoms with Crippen LogP contribution in [0.25, 0.3) is 10.9 Å². The van der Waals surface area contributed by atoms with Gasteiger partial charge in [-0.05, 0) is 35.2 Å². The van der Waals surface area contributed by atoms with Gasteiger partial charge in [-0.1, -0.05) is 60.7 Å². The maximum atomic E-state index is 11.4. The van der Waals surface area contributed by atoms with Gasteiger partial charge in [0.2, 0.25) is 0 Å². The summed E-state index contributed by atoms with van der Waals surface area (Å²) in [6.45, 7) is 0.310. The minimum absolute atomic E-state index is 0.133. The van der Waals surface area contributed by atoms with Gasteiger partial charge in [-0.15, -0.1) is 0 Å². The Morgan fingerprint density at radius 2 is 1.52 bits per heavy atom. The number of carboxylic acid groups (broad SMARTS) is 1. The SMILES string of the molecule is O=C(O)c1cc(O)c2cc(Cc3ccccc3)cc(OCc3ccccc3)c2n1. The van der Waals surface area contributed by atoms with Crippen molar-refractivity contribution in [3.8, 4) is 11.5 Å². The van der Waals surface area contributed by atoms with Gasteiger partial charge in [-0.2, -0.15) is 0 Å². The van der Waals surface area contributed by atoms with E-state index in [0.717, 1.165) is 22.8 Å². The molecule has 0 amide bonds. The first-order valence-corrected chi connectivity index (χ1v) is 9.21. The van der Waals surface area contributed by atoms with Gasteiger partial charge in [0.15, 0.2) is 5.69 Å². The topological polar surface area (TPSA) is 79.7 Å². The third-order valence-corrected chi connectivity index (χ3v) is 4.62. The molecule has 2 N–H and O–H groups in total. The lowest BCUT2D eigenvalue weighted by Gasteiger charge is -2.13. The predicted molar refractivity (Wildman–Crippen MR) is 110 cm³/mol. The molecule has 5 heteroatoms. The maximum absolute atomic E-state index is 11.4. The molecule has 0 radical (unpaired) electrons. The molecule has 0 fully saturated rings. The summed E-state index contributed by atoms with van der Waals surface area (Å²) >= 11 is 0. The zero-order valence-corrected chi connectivity index (χ0v) is 15.6. The van der Waals surface area contributed by atoms with Crippen LogP contribution in [0.15, 0.2) is 78.9 Å². The molecular weight excluding hydrogens is 366 g/mol. The van der Waals surface area contributed by atoms with E-state index in [4.69, 9.17) is 4.74 Å². The number of benzene rings is 3. The number of ether oxygens (including phenoxy) is 1. The number of aromatic carboxylic acids is 1. The van der Waals surface area contributed by atoms with Gasteiger partial charge in [0.25, 0.3) is 0 Å². The molecule has 144 valence electrons. The van der Waals surface area contributed by atoms with Gasteiger partial charge in [0.05, 0.1) is 0 Å². The first kappa shape index (κ1) is 18.5. The van der Waals surface area contributed by atoms with Crippen molar-refractivity contribution in [2.24, 2.45) is 0 Å². The summed E-state index contributed by atoms with van der Waals surface area (Å²) in [5.74, 6) is -0.896. The third kappa shape index (κ3) is 4.19. The molecule has 4 rings (SSSR count). The van der Waals surface area contributed by atoms with Crippen LogP contribution >= 0.6 is 0 Å². The standard InChI is InChI=1S/C24H19NO4/c26-21-14-20(24(27)28)25-23-19(21)12-18(11-16-7-3-1-4-8-16)13-22(23)29-15-17-9-5-2-6-10-17/h1-10,12-14H,11,15H2,(H,25,26)(H,27,28). The number of carbonyl (C=O) groups is 1. The van der Waals surface area contributed by atoms with E-state index in [1.807, 2.05) is 72.8 Å². The highest BCUT2D eigenvalue weighted by Gasteiger charge is 2.16. The fourth-order valence-corrected chi connectivity index (χ4v) is 3.22. The number of aromatic hydroxyl groups is 1. The Kier molecular flexibility index (Phi) is 5.12. The molecule has 0 spiro atoms. The van der Waals surface area contributed by atoms with E-state index in [0.29, 0.717) is 29.7 Å². The number of aromatic nitrogens is 1. The highest BCUT2D eigenvalue weighted by atomic mass is 16.5. The van der Waals surface area contributed by atoms with Crippen LogP contribution in [0.3, 0.4) is 0 Å². The molecule has 5 nitrogen and oxygen atoms in total. The van der Waals surface area contributed by atoms with E-state index in [1.165, 1.54) is 0 Å². The van der Waals surface area contributed by atoms with E-state index in [2.05, 4.69) is 4.98 Å². The Balaban J connectivity index is 1.78. The minimum Gasteiger partial charge on any atom is -0.507 e. The number of hydrogen-bond acceptors (Lipinski definition) is 4. The summed E-state index contributed by atoms with van der Waals surface area (Å²) in [4.78, 5) is 15.6. The Morgan fingerprint density at radius 1 is 0.862 bits per heavy atom. The molecule has 4 aromatic rings. The zero-order valence-electron chi connectivity index (χ0n) is 15.6. The van der Waals surface area contributed by atoms with Crippen molar-refractivity contribution in [3.63, 3.8) is 0 Å². The summed E-state index contributed by atoms with van der Waals surface area (Å²) in [6.07, 6.45) is 0.651. The number of pyridine rings is 1. The quantitative estimate of drug-likeness (QED) is 0.498. The lowest BCUT2D eigenvalue weighted by molar-refractivity contribution is 0.0690. The minimum atomic E-state index is -1.20. The molecule has 0 aliphatic heterocycles. The smallest absolute Gasteiger partial charge is 0.354 e. The Bertz CT molecular complexity index is 1160. The summed E-state index contributed by atoms with van der Waals surface area (Å²) in [5, 5.41) is 20.2. The maximum Gasteiger partial charge on any atom is 0.354 e. The van der Waals surface area contributed by atoms with Crippen molar-refractivity contribution < 1.29 is 19.7 Å². The monoisotopic (exact) mass is 385 g/mol. The van der Waals surface area contributed by atoms with Crippen LogP contribution in [-0.2, 0) is 13.0 Å². The molecule has 0 saturated carbocycles. The highest BCUT2D eigenvalue weighted by molar-refractivity contribution is 5.95. The van der Waals surface area contributed by atoms with Gasteiger partial charge >= 0.3 is 5.97 Å². The van der Waals surface area contributed by atoms with Crippen LogP contribution in [0.1, 0.15) is 27.2 Å². The van der Waals surface area contributed by atoms with E-state index >= 15 is 0 Å². The summed E-state index contributed by atoms with van der Waals surface area (Å²) in [5.41, 5.74) is 3.14. The average Bonchev–Trinajstić information content (AvgIpc) is 2.74. The summed E-state index contributed by atoms with van der Waals surface area (Å²) < 4.78 is 6.01. The first-order valence-electron chi connectivity index (χ1n) is 9.21. The summed E-state index contributed by atoms with van der Waals surface area (Å²) in [6, 6.07) is 24.5. The Labute approximate surface area is 167 Å². The van der Waals surface area contributed by atoms with Crippen LogP contribution in [0.4, 0.5) is 0 Å². The van der Waals surface area contributed by atoms with Crippen LogP contribution in [0.2, 0.25) is 0 Å².